The first-order valence-corrected chi connectivity index (χ1v) is 8.04. The summed E-state index contributed by atoms with van der Waals surface area (Å²) in [4.78, 5) is 18.3. The molecule has 1 saturated carbocycles. The zero-order valence-electron chi connectivity index (χ0n) is 13.3. The van der Waals surface area contributed by atoms with Crippen molar-refractivity contribution in [3.05, 3.63) is 30.1 Å². The summed E-state index contributed by atoms with van der Waals surface area (Å²) in [5.41, 5.74) is 0.659. The maximum Gasteiger partial charge on any atom is 0.391 e. The highest BCUT2D eigenvalue weighted by molar-refractivity contribution is 5.79. The van der Waals surface area contributed by atoms with Crippen LogP contribution in [0.4, 0.5) is 13.2 Å². The maximum atomic E-state index is 13.0. The molecule has 0 bridgehead atoms. The van der Waals surface area contributed by atoms with E-state index < -0.39 is 18.0 Å². The Balaban J connectivity index is 2.07. The molecule has 0 aliphatic heterocycles. The van der Waals surface area contributed by atoms with E-state index in [2.05, 4.69) is 4.98 Å². The molecule has 2 atom stereocenters. The van der Waals surface area contributed by atoms with Gasteiger partial charge in [-0.2, -0.15) is 18.4 Å². The highest BCUT2D eigenvalue weighted by atomic mass is 19.4. The fraction of sp³-hybridized carbons (Fsp3) is 0.588. The number of hydrogen-bond donors (Lipinski definition) is 0. The summed E-state index contributed by atoms with van der Waals surface area (Å²) in [6.07, 6.45) is -1.71. The Labute approximate surface area is 139 Å². The minimum absolute atomic E-state index is 0.0890. The number of amides is 1. The van der Waals surface area contributed by atoms with E-state index in [1.807, 2.05) is 6.07 Å². The first kappa shape index (κ1) is 18.2. The number of aromatic nitrogens is 1. The van der Waals surface area contributed by atoms with Crippen molar-refractivity contribution in [2.24, 2.45) is 11.8 Å². The summed E-state index contributed by atoms with van der Waals surface area (Å²) < 4.78 is 38.9. The molecular weight excluding hydrogens is 319 g/mol. The van der Waals surface area contributed by atoms with Crippen molar-refractivity contribution < 1.29 is 18.0 Å². The SMILES string of the molecule is N#CCCN(Cc1ccccn1)C(=O)[C@@H]1CCC[C@@H](C(F)(F)F)C1. The van der Waals surface area contributed by atoms with Gasteiger partial charge in [-0.1, -0.05) is 12.5 Å². The van der Waals surface area contributed by atoms with Crippen LogP contribution in [0.2, 0.25) is 0 Å². The van der Waals surface area contributed by atoms with Crippen molar-refractivity contribution in [2.45, 2.75) is 44.8 Å². The van der Waals surface area contributed by atoms with Gasteiger partial charge in [0.1, 0.15) is 0 Å². The molecule has 1 fully saturated rings. The monoisotopic (exact) mass is 339 g/mol. The molecule has 1 aromatic rings. The minimum atomic E-state index is -4.25. The number of halogens is 3. The van der Waals surface area contributed by atoms with E-state index in [0.717, 1.165) is 0 Å². The smallest absolute Gasteiger partial charge is 0.336 e. The highest BCUT2D eigenvalue weighted by Gasteiger charge is 2.44. The van der Waals surface area contributed by atoms with Crippen LogP contribution in [0, 0.1) is 23.2 Å². The first-order valence-electron chi connectivity index (χ1n) is 8.04. The quantitative estimate of drug-likeness (QED) is 0.822. The number of pyridine rings is 1. The molecule has 2 rings (SSSR count). The molecule has 1 aromatic heterocycles. The molecule has 0 saturated heterocycles. The third-order valence-electron chi connectivity index (χ3n) is 4.37. The average Bonchev–Trinajstić information content (AvgIpc) is 2.58. The van der Waals surface area contributed by atoms with Gasteiger partial charge in [0.15, 0.2) is 0 Å². The van der Waals surface area contributed by atoms with Crippen LogP contribution < -0.4 is 0 Å². The summed E-state index contributed by atoms with van der Waals surface area (Å²) in [5, 5.41) is 8.77. The predicted molar refractivity (Wildman–Crippen MR) is 81.4 cm³/mol. The second kappa shape index (κ2) is 8.13. The van der Waals surface area contributed by atoms with Crippen molar-refractivity contribution in [3.63, 3.8) is 0 Å². The minimum Gasteiger partial charge on any atom is -0.336 e. The van der Waals surface area contributed by atoms with Crippen molar-refractivity contribution in [3.8, 4) is 6.07 Å². The van der Waals surface area contributed by atoms with Crippen LogP contribution in [0.5, 0.6) is 0 Å². The lowest BCUT2D eigenvalue weighted by atomic mass is 9.80. The second-order valence-corrected chi connectivity index (χ2v) is 6.09. The Morgan fingerprint density at radius 2 is 2.17 bits per heavy atom. The lowest BCUT2D eigenvalue weighted by Crippen LogP contribution is -2.40. The zero-order valence-corrected chi connectivity index (χ0v) is 13.3. The molecule has 130 valence electrons. The number of carbonyl (C=O) groups is 1. The van der Waals surface area contributed by atoms with Crippen molar-refractivity contribution in [1.82, 2.24) is 9.88 Å². The van der Waals surface area contributed by atoms with Crippen LogP contribution in [0.3, 0.4) is 0 Å². The molecule has 0 unspecified atom stereocenters. The molecule has 0 aromatic carbocycles. The highest BCUT2D eigenvalue weighted by Crippen LogP contribution is 2.40. The van der Waals surface area contributed by atoms with Crippen LogP contribution >= 0.6 is 0 Å². The van der Waals surface area contributed by atoms with Gasteiger partial charge in [0.2, 0.25) is 5.91 Å². The van der Waals surface area contributed by atoms with E-state index in [4.69, 9.17) is 5.26 Å². The van der Waals surface area contributed by atoms with Crippen LogP contribution in [0.15, 0.2) is 24.4 Å². The van der Waals surface area contributed by atoms with Gasteiger partial charge in [-0.15, -0.1) is 0 Å². The van der Waals surface area contributed by atoms with E-state index in [1.54, 1.807) is 24.4 Å². The topological polar surface area (TPSA) is 57.0 Å². The molecule has 7 heteroatoms. The lowest BCUT2D eigenvalue weighted by molar-refractivity contribution is -0.187. The molecule has 1 heterocycles. The molecule has 4 nitrogen and oxygen atoms in total. The largest absolute Gasteiger partial charge is 0.391 e. The maximum absolute atomic E-state index is 13.0. The number of nitriles is 1. The molecule has 1 aliphatic rings. The molecule has 0 spiro atoms. The van der Waals surface area contributed by atoms with E-state index in [-0.39, 0.29) is 38.3 Å². The number of carbonyl (C=O) groups excluding carboxylic acids is 1. The predicted octanol–water partition coefficient (Wildman–Crippen LogP) is 3.69. The van der Waals surface area contributed by atoms with Gasteiger partial charge >= 0.3 is 6.18 Å². The van der Waals surface area contributed by atoms with Gasteiger partial charge in [-0.3, -0.25) is 9.78 Å². The fourth-order valence-corrected chi connectivity index (χ4v) is 3.11. The molecule has 0 N–H and O–H groups in total. The number of nitrogens with zero attached hydrogens (tertiary/aromatic N) is 3. The summed E-state index contributed by atoms with van der Waals surface area (Å²) in [5.74, 6) is -2.34. The van der Waals surface area contributed by atoms with Crippen LogP contribution in [0.1, 0.15) is 37.8 Å². The van der Waals surface area contributed by atoms with Crippen molar-refractivity contribution in [1.29, 1.82) is 5.26 Å². The third-order valence-corrected chi connectivity index (χ3v) is 4.37. The Kier molecular flexibility index (Phi) is 6.18. The van der Waals surface area contributed by atoms with Gasteiger partial charge in [0.25, 0.3) is 0 Å². The van der Waals surface area contributed by atoms with Gasteiger partial charge in [-0.25, -0.2) is 0 Å². The number of hydrogen-bond acceptors (Lipinski definition) is 3. The van der Waals surface area contributed by atoms with Crippen molar-refractivity contribution >= 4 is 5.91 Å². The standard InChI is InChI=1S/C17H20F3N3O/c18-17(19,20)14-6-3-5-13(11-14)16(24)23(10-4-8-21)12-15-7-1-2-9-22-15/h1-2,7,9,13-14H,3-6,10-12H2/t13-,14-/m1/s1. The Bertz CT molecular complexity index is 583. The van der Waals surface area contributed by atoms with Gasteiger partial charge in [0, 0.05) is 18.7 Å². The Morgan fingerprint density at radius 3 is 2.79 bits per heavy atom. The van der Waals surface area contributed by atoms with Gasteiger partial charge in [0.05, 0.1) is 30.6 Å². The summed E-state index contributed by atoms with van der Waals surface area (Å²) >= 11 is 0. The summed E-state index contributed by atoms with van der Waals surface area (Å²) in [7, 11) is 0. The zero-order chi connectivity index (χ0) is 17.6. The second-order valence-electron chi connectivity index (χ2n) is 6.09. The van der Waals surface area contributed by atoms with Crippen LogP contribution in [-0.2, 0) is 11.3 Å². The molecule has 24 heavy (non-hydrogen) atoms. The lowest BCUT2D eigenvalue weighted by Gasteiger charge is -2.33. The van der Waals surface area contributed by atoms with Gasteiger partial charge in [-0.05, 0) is 31.4 Å². The van der Waals surface area contributed by atoms with E-state index in [9.17, 15) is 18.0 Å². The molecular formula is C17H20F3N3O. The third kappa shape index (κ3) is 4.95. The molecule has 0 radical (unpaired) electrons. The first-order chi connectivity index (χ1) is 11.4. The van der Waals surface area contributed by atoms with E-state index >= 15 is 0 Å². The molecule has 1 amide bonds. The summed E-state index contributed by atoms with van der Waals surface area (Å²) in [6.45, 7) is 0.424. The van der Waals surface area contributed by atoms with E-state index in [1.165, 1.54) is 4.90 Å². The number of alkyl halides is 3. The van der Waals surface area contributed by atoms with Crippen LogP contribution in [-0.4, -0.2) is 28.5 Å². The fourth-order valence-electron chi connectivity index (χ4n) is 3.11. The van der Waals surface area contributed by atoms with Gasteiger partial charge < -0.3 is 4.90 Å². The Morgan fingerprint density at radius 1 is 1.38 bits per heavy atom. The normalized spacial score (nSPS) is 21.1. The average molecular weight is 339 g/mol. The number of rotatable bonds is 5. The Hall–Kier alpha value is -2.10. The molecule has 1 aliphatic carbocycles. The van der Waals surface area contributed by atoms with Crippen LogP contribution in [0.25, 0.3) is 0 Å². The van der Waals surface area contributed by atoms with Crippen molar-refractivity contribution in [2.75, 3.05) is 6.54 Å². The summed E-state index contributed by atoms with van der Waals surface area (Å²) in [6, 6.07) is 7.27. The van der Waals surface area contributed by atoms with E-state index in [0.29, 0.717) is 18.5 Å².